The van der Waals surface area contributed by atoms with Gasteiger partial charge in [-0.05, 0) is 75.3 Å². The van der Waals surface area contributed by atoms with Gasteiger partial charge >= 0.3 is 0 Å². The summed E-state index contributed by atoms with van der Waals surface area (Å²) in [5.41, 5.74) is 11.2. The smallest absolute Gasteiger partial charge is 0.277 e. The van der Waals surface area contributed by atoms with Gasteiger partial charge in [-0.15, -0.1) is 12.4 Å². The monoisotopic (exact) mass is 462 g/mol. The van der Waals surface area contributed by atoms with Crippen molar-refractivity contribution in [3.63, 3.8) is 0 Å². The van der Waals surface area contributed by atoms with Crippen LogP contribution in [0.2, 0.25) is 0 Å². The van der Waals surface area contributed by atoms with Crippen LogP contribution in [-0.4, -0.2) is 34.6 Å². The highest BCUT2D eigenvalue weighted by Gasteiger charge is 2.36. The number of carbonyl (C=O) groups excluding carboxylic acids is 2. The van der Waals surface area contributed by atoms with Crippen molar-refractivity contribution in [1.29, 1.82) is 0 Å². The van der Waals surface area contributed by atoms with Crippen LogP contribution in [0.4, 0.5) is 10.1 Å². The van der Waals surface area contributed by atoms with Crippen molar-refractivity contribution in [2.24, 2.45) is 11.7 Å². The summed E-state index contributed by atoms with van der Waals surface area (Å²) < 4.78 is 14.7. The summed E-state index contributed by atoms with van der Waals surface area (Å²) in [4.78, 5) is 30.2. The summed E-state index contributed by atoms with van der Waals surface area (Å²) in [7, 11) is 0. The van der Waals surface area contributed by atoms with Crippen LogP contribution in [0.1, 0.15) is 58.6 Å². The van der Waals surface area contributed by atoms with Crippen molar-refractivity contribution in [2.75, 3.05) is 11.4 Å². The Bertz CT molecular complexity index is 1070. The second-order valence-electron chi connectivity index (χ2n) is 8.59. The Labute approximate surface area is 192 Å². The summed E-state index contributed by atoms with van der Waals surface area (Å²) in [5, 5.41) is 8.97. The van der Waals surface area contributed by atoms with E-state index in [1.807, 2.05) is 19.9 Å². The summed E-state index contributed by atoms with van der Waals surface area (Å²) >= 11 is 0. The summed E-state index contributed by atoms with van der Waals surface area (Å²) in [5.74, 6) is -1.69. The molecule has 2 aromatic rings. The Morgan fingerprint density at radius 2 is 1.97 bits per heavy atom. The van der Waals surface area contributed by atoms with Gasteiger partial charge in [0.15, 0.2) is 0 Å². The van der Waals surface area contributed by atoms with Gasteiger partial charge in [0.05, 0.1) is 16.8 Å². The fraction of sp³-hybridized carbons (Fsp3) is 0.391. The lowest BCUT2D eigenvalue weighted by Gasteiger charge is -2.30. The number of carbonyl (C=O) groups is 2. The van der Waals surface area contributed by atoms with E-state index in [2.05, 4.69) is 4.98 Å². The molecule has 5 N–H and O–H groups in total. The standard InChI is InChI=1S/C23H27FN4O3.ClH/c1-12-7-13(2)26-20(12)9-17-16-8-19(24)18(22(29)27-31)10-21(16)28(23(17)30)11-14-3-5-15(25)6-4-14;/h7-10,14-15,26,31H,3-6,11,25H2,1-2H3,(H,27,29);1H/b17-9-;. The first kappa shape index (κ1) is 24.0. The van der Waals surface area contributed by atoms with Crippen LogP contribution >= 0.6 is 12.4 Å². The Balaban J connectivity index is 0.00000289. The molecule has 4 rings (SSSR count). The molecule has 172 valence electrons. The maximum atomic E-state index is 14.7. The molecule has 1 aliphatic carbocycles. The van der Waals surface area contributed by atoms with Gasteiger partial charge in [-0.2, -0.15) is 0 Å². The van der Waals surface area contributed by atoms with Crippen molar-refractivity contribution in [3.05, 3.63) is 52.1 Å². The van der Waals surface area contributed by atoms with Gasteiger partial charge in [-0.1, -0.05) is 0 Å². The van der Waals surface area contributed by atoms with Crippen LogP contribution in [0.5, 0.6) is 0 Å². The first-order chi connectivity index (χ1) is 14.8. The Kier molecular flexibility index (Phi) is 7.07. The zero-order valence-electron chi connectivity index (χ0n) is 18.1. The van der Waals surface area contributed by atoms with Gasteiger partial charge in [-0.25, -0.2) is 9.87 Å². The second-order valence-corrected chi connectivity index (χ2v) is 8.59. The highest BCUT2D eigenvalue weighted by atomic mass is 35.5. The lowest BCUT2D eigenvalue weighted by atomic mass is 9.86. The molecule has 2 amide bonds. The molecule has 1 aromatic heterocycles. The van der Waals surface area contributed by atoms with E-state index in [1.54, 1.807) is 11.0 Å². The number of nitrogens with one attached hydrogen (secondary N) is 2. The van der Waals surface area contributed by atoms with Crippen molar-refractivity contribution in [2.45, 2.75) is 45.6 Å². The number of hydroxylamine groups is 1. The third-order valence-corrected chi connectivity index (χ3v) is 6.30. The zero-order chi connectivity index (χ0) is 22.3. The quantitative estimate of drug-likeness (QED) is 0.315. The number of benzene rings is 1. The van der Waals surface area contributed by atoms with Gasteiger partial charge < -0.3 is 15.6 Å². The van der Waals surface area contributed by atoms with Crippen LogP contribution in [0.15, 0.2) is 18.2 Å². The zero-order valence-corrected chi connectivity index (χ0v) is 18.9. The number of rotatable bonds is 4. The Morgan fingerprint density at radius 1 is 1.28 bits per heavy atom. The summed E-state index contributed by atoms with van der Waals surface area (Å²) in [6.07, 6.45) is 5.39. The lowest BCUT2D eigenvalue weighted by molar-refractivity contribution is -0.113. The summed E-state index contributed by atoms with van der Waals surface area (Å²) in [6.45, 7) is 4.35. The van der Waals surface area contributed by atoms with Crippen LogP contribution in [-0.2, 0) is 4.79 Å². The maximum absolute atomic E-state index is 14.7. The number of H-pyrrole nitrogens is 1. The van der Waals surface area contributed by atoms with E-state index in [0.29, 0.717) is 23.4 Å². The number of aromatic amines is 1. The van der Waals surface area contributed by atoms with Crippen LogP contribution < -0.4 is 16.1 Å². The second kappa shape index (κ2) is 9.44. The maximum Gasteiger partial charge on any atom is 0.277 e. The van der Waals surface area contributed by atoms with Gasteiger partial charge in [0, 0.05) is 29.5 Å². The number of nitrogens with zero attached hydrogens (tertiary/aromatic N) is 1. The number of halogens is 2. The molecule has 1 aliphatic heterocycles. The van der Waals surface area contributed by atoms with Crippen molar-refractivity contribution < 1.29 is 19.2 Å². The van der Waals surface area contributed by atoms with Gasteiger partial charge in [0.1, 0.15) is 5.82 Å². The molecule has 0 atom stereocenters. The van der Waals surface area contributed by atoms with E-state index in [9.17, 15) is 14.0 Å². The van der Waals surface area contributed by atoms with Gasteiger partial charge in [0.25, 0.3) is 11.8 Å². The molecular formula is C23H28ClFN4O3. The van der Waals surface area contributed by atoms with Crippen molar-refractivity contribution in [3.8, 4) is 0 Å². The van der Waals surface area contributed by atoms with E-state index >= 15 is 0 Å². The predicted molar refractivity (Wildman–Crippen MR) is 123 cm³/mol. The number of hydrogen-bond donors (Lipinski definition) is 4. The molecule has 2 aliphatic rings. The largest absolute Gasteiger partial charge is 0.359 e. The number of fused-ring (bicyclic) bond motifs is 1. The highest BCUT2D eigenvalue weighted by Crippen LogP contribution is 2.41. The van der Waals surface area contributed by atoms with Crippen LogP contribution in [0, 0.1) is 25.6 Å². The first-order valence-electron chi connectivity index (χ1n) is 10.5. The molecule has 0 unspecified atom stereocenters. The van der Waals surface area contributed by atoms with E-state index in [1.165, 1.54) is 17.6 Å². The third-order valence-electron chi connectivity index (χ3n) is 6.30. The number of aryl methyl sites for hydroxylation is 2. The van der Waals surface area contributed by atoms with Crippen LogP contribution in [0.25, 0.3) is 11.6 Å². The van der Waals surface area contributed by atoms with Crippen LogP contribution in [0.3, 0.4) is 0 Å². The number of anilines is 1. The molecular weight excluding hydrogens is 435 g/mol. The SMILES string of the molecule is Cc1cc(C)c(/C=C2\C(=O)N(CC3CCC(N)CC3)c3cc(C(=O)NO)c(F)cc32)[nH]1.Cl. The number of hydrogen-bond acceptors (Lipinski definition) is 4. The highest BCUT2D eigenvalue weighted by molar-refractivity contribution is 6.36. The predicted octanol–water partition coefficient (Wildman–Crippen LogP) is 3.72. The van der Waals surface area contributed by atoms with E-state index in [-0.39, 0.29) is 35.8 Å². The number of aromatic nitrogens is 1. The molecule has 7 nitrogen and oxygen atoms in total. The molecule has 0 saturated heterocycles. The fourth-order valence-electron chi connectivity index (χ4n) is 4.60. The van der Waals surface area contributed by atoms with Crippen molar-refractivity contribution >= 4 is 41.6 Å². The minimum atomic E-state index is -0.954. The molecule has 2 heterocycles. The van der Waals surface area contributed by atoms with E-state index in [4.69, 9.17) is 10.9 Å². The minimum Gasteiger partial charge on any atom is -0.359 e. The van der Waals surface area contributed by atoms with Crippen molar-refractivity contribution in [1.82, 2.24) is 10.5 Å². The normalized spacial score (nSPS) is 21.5. The average molecular weight is 463 g/mol. The molecule has 1 fully saturated rings. The molecule has 1 saturated carbocycles. The molecule has 1 aromatic carbocycles. The molecule has 9 heteroatoms. The Morgan fingerprint density at radius 3 is 2.56 bits per heavy atom. The average Bonchev–Trinajstić information content (AvgIpc) is 3.18. The Hall–Kier alpha value is -2.68. The molecule has 0 bridgehead atoms. The van der Waals surface area contributed by atoms with E-state index in [0.717, 1.165) is 42.6 Å². The van der Waals surface area contributed by atoms with E-state index < -0.39 is 11.7 Å². The summed E-state index contributed by atoms with van der Waals surface area (Å²) in [6, 6.07) is 4.72. The van der Waals surface area contributed by atoms with Gasteiger partial charge in [-0.3, -0.25) is 14.8 Å². The number of amides is 2. The third kappa shape index (κ3) is 4.44. The first-order valence-corrected chi connectivity index (χ1v) is 10.5. The molecule has 0 spiro atoms. The van der Waals surface area contributed by atoms with Gasteiger partial charge in [0.2, 0.25) is 0 Å². The number of nitrogens with two attached hydrogens (primary N) is 1. The molecule has 0 radical (unpaired) electrons. The fourth-order valence-corrected chi connectivity index (χ4v) is 4.60. The minimum absolute atomic E-state index is 0. The topological polar surface area (TPSA) is 111 Å². The molecule has 32 heavy (non-hydrogen) atoms. The lowest BCUT2D eigenvalue weighted by Crippen LogP contribution is -2.36.